The molecule has 2 heterocycles. The van der Waals surface area contributed by atoms with Crippen LogP contribution < -0.4 is 11.2 Å². The van der Waals surface area contributed by atoms with Gasteiger partial charge in [-0.05, 0) is 0 Å². The second kappa shape index (κ2) is 6.68. The molecule has 0 spiro atoms. The SMILES string of the molecule is O=c1ccn([C@@H]2O[C@](CF)(COP(=O)(O)O)[C@@H](O)[C@]2(O)CF)c(=O)[nH]1. The van der Waals surface area contributed by atoms with Crippen LogP contribution in [0.2, 0.25) is 0 Å². The van der Waals surface area contributed by atoms with Gasteiger partial charge in [-0.3, -0.25) is 18.9 Å². The summed E-state index contributed by atoms with van der Waals surface area (Å²) >= 11 is 0. The normalized spacial score (nSPS) is 32.9. The number of rotatable bonds is 6. The van der Waals surface area contributed by atoms with Crippen LogP contribution in [0.1, 0.15) is 6.23 Å². The van der Waals surface area contributed by atoms with E-state index in [1.54, 1.807) is 4.98 Å². The van der Waals surface area contributed by atoms with E-state index >= 15 is 0 Å². The molecule has 0 aliphatic carbocycles. The lowest BCUT2D eigenvalue weighted by Crippen LogP contribution is -2.55. The molecule has 0 bridgehead atoms. The first-order valence-corrected chi connectivity index (χ1v) is 8.24. The number of hydrogen-bond donors (Lipinski definition) is 5. The number of H-pyrrole nitrogens is 1. The molecule has 14 heteroatoms. The molecule has 0 amide bonds. The van der Waals surface area contributed by atoms with Gasteiger partial charge in [0.2, 0.25) is 0 Å². The smallest absolute Gasteiger partial charge is 0.387 e. The van der Waals surface area contributed by atoms with Gasteiger partial charge in [-0.1, -0.05) is 0 Å². The average molecular weight is 388 g/mol. The predicted octanol–water partition coefficient (Wildman–Crippen LogP) is -2.06. The Bertz CT molecular complexity index is 794. The van der Waals surface area contributed by atoms with E-state index in [0.717, 1.165) is 12.3 Å². The van der Waals surface area contributed by atoms with Crippen molar-refractivity contribution in [2.75, 3.05) is 20.0 Å². The van der Waals surface area contributed by atoms with Gasteiger partial charge in [0, 0.05) is 12.3 Å². The van der Waals surface area contributed by atoms with Crippen LogP contribution in [0.3, 0.4) is 0 Å². The van der Waals surface area contributed by atoms with Crippen molar-refractivity contribution in [2.24, 2.45) is 0 Å². The van der Waals surface area contributed by atoms with Gasteiger partial charge >= 0.3 is 13.5 Å². The number of phosphoric ester groups is 1. The number of ether oxygens (including phenoxy) is 1. The fraction of sp³-hybridized carbons (Fsp3) is 0.636. The first kappa shape index (κ1) is 19.8. The summed E-state index contributed by atoms with van der Waals surface area (Å²) in [6.07, 6.45) is -3.55. The molecule has 4 atom stereocenters. The number of hydrogen-bond acceptors (Lipinski definition) is 7. The lowest BCUT2D eigenvalue weighted by molar-refractivity contribution is -0.140. The largest absolute Gasteiger partial charge is 0.469 e. The third-order valence-corrected chi connectivity index (χ3v) is 4.23. The fourth-order valence-corrected chi connectivity index (χ4v) is 2.86. The molecular weight excluding hydrogens is 373 g/mol. The highest BCUT2D eigenvalue weighted by Gasteiger charge is 2.65. The van der Waals surface area contributed by atoms with Crippen LogP contribution in [0.15, 0.2) is 21.9 Å². The molecule has 1 aliphatic heterocycles. The monoisotopic (exact) mass is 388 g/mol. The predicted molar refractivity (Wildman–Crippen MR) is 75.1 cm³/mol. The average Bonchev–Trinajstić information content (AvgIpc) is 2.75. The van der Waals surface area contributed by atoms with E-state index in [-0.39, 0.29) is 0 Å². The van der Waals surface area contributed by atoms with Crippen LogP contribution >= 0.6 is 7.82 Å². The van der Waals surface area contributed by atoms with Crippen molar-refractivity contribution >= 4 is 7.82 Å². The van der Waals surface area contributed by atoms with Crippen LogP contribution in [-0.4, -0.2) is 66.8 Å². The van der Waals surface area contributed by atoms with E-state index in [9.17, 15) is 33.1 Å². The Morgan fingerprint density at radius 3 is 2.48 bits per heavy atom. The lowest BCUT2D eigenvalue weighted by Gasteiger charge is -2.31. The maximum Gasteiger partial charge on any atom is 0.469 e. The van der Waals surface area contributed by atoms with Gasteiger partial charge in [0.1, 0.15) is 19.5 Å². The summed E-state index contributed by atoms with van der Waals surface area (Å²) in [5, 5.41) is 20.5. The summed E-state index contributed by atoms with van der Waals surface area (Å²) in [6, 6.07) is 0.831. The van der Waals surface area contributed by atoms with Crippen molar-refractivity contribution in [2.45, 2.75) is 23.5 Å². The topological polar surface area (TPSA) is 171 Å². The second-order valence-corrected chi connectivity index (χ2v) is 6.72. The zero-order chi connectivity index (χ0) is 19.0. The minimum atomic E-state index is -5.11. The lowest BCUT2D eigenvalue weighted by atomic mass is 9.88. The number of aliphatic hydroxyl groups is 2. The van der Waals surface area contributed by atoms with E-state index in [0.29, 0.717) is 4.57 Å². The van der Waals surface area contributed by atoms with Gasteiger partial charge in [-0.25, -0.2) is 18.1 Å². The molecule has 0 aromatic carbocycles. The van der Waals surface area contributed by atoms with Crippen LogP contribution in [0, 0.1) is 0 Å². The van der Waals surface area contributed by atoms with Crippen molar-refractivity contribution in [1.29, 1.82) is 0 Å². The molecule has 1 fully saturated rings. The van der Waals surface area contributed by atoms with E-state index < -0.39 is 62.6 Å². The van der Waals surface area contributed by atoms with Crippen molar-refractivity contribution in [3.63, 3.8) is 0 Å². The molecule has 1 aromatic heterocycles. The molecule has 1 saturated heterocycles. The number of nitrogens with one attached hydrogen (secondary N) is 1. The maximum atomic E-state index is 13.5. The summed E-state index contributed by atoms with van der Waals surface area (Å²) in [6.45, 7) is -4.58. The van der Waals surface area contributed by atoms with Gasteiger partial charge < -0.3 is 24.7 Å². The van der Waals surface area contributed by atoms with E-state index in [1.807, 2.05) is 0 Å². The zero-order valence-electron chi connectivity index (χ0n) is 12.4. The highest BCUT2D eigenvalue weighted by molar-refractivity contribution is 7.46. The third-order valence-electron chi connectivity index (χ3n) is 3.77. The molecule has 0 radical (unpaired) electrons. The molecule has 2 rings (SSSR count). The Morgan fingerprint density at radius 1 is 1.36 bits per heavy atom. The Balaban J connectivity index is 2.49. The first-order chi connectivity index (χ1) is 11.5. The van der Waals surface area contributed by atoms with E-state index in [4.69, 9.17) is 14.5 Å². The molecule has 11 nitrogen and oxygen atoms in total. The third kappa shape index (κ3) is 3.58. The number of aromatic nitrogens is 2. The Labute approximate surface area is 137 Å². The highest BCUT2D eigenvalue weighted by atomic mass is 31.2. The Hall–Kier alpha value is -1.47. The number of alkyl halides is 2. The molecule has 25 heavy (non-hydrogen) atoms. The minimum absolute atomic E-state index is 0.499. The summed E-state index contributed by atoms with van der Waals surface area (Å²) in [7, 11) is -5.11. The Kier molecular flexibility index (Phi) is 5.31. The van der Waals surface area contributed by atoms with Crippen molar-refractivity contribution < 1.29 is 42.6 Å². The molecule has 0 unspecified atom stereocenters. The van der Waals surface area contributed by atoms with Gasteiger partial charge in [0.05, 0.1) is 6.61 Å². The maximum absolute atomic E-state index is 13.5. The van der Waals surface area contributed by atoms with Gasteiger partial charge in [-0.15, -0.1) is 0 Å². The number of halogens is 2. The fourth-order valence-electron chi connectivity index (χ4n) is 2.48. The molecule has 142 valence electrons. The van der Waals surface area contributed by atoms with Crippen LogP contribution in [0.5, 0.6) is 0 Å². The van der Waals surface area contributed by atoms with Crippen LogP contribution in [0.4, 0.5) is 8.78 Å². The van der Waals surface area contributed by atoms with Gasteiger partial charge in [-0.2, -0.15) is 0 Å². The van der Waals surface area contributed by atoms with E-state index in [2.05, 4.69) is 4.52 Å². The van der Waals surface area contributed by atoms with Crippen LogP contribution in [0.25, 0.3) is 0 Å². The molecule has 1 aromatic rings. The number of nitrogens with zero attached hydrogens (tertiary/aromatic N) is 1. The Morgan fingerprint density at radius 2 is 2.00 bits per heavy atom. The summed E-state index contributed by atoms with van der Waals surface area (Å²) < 4.78 is 47.5. The van der Waals surface area contributed by atoms with Gasteiger partial charge in [0.25, 0.3) is 5.56 Å². The zero-order valence-corrected chi connectivity index (χ0v) is 13.3. The molecule has 5 N–H and O–H groups in total. The minimum Gasteiger partial charge on any atom is -0.387 e. The van der Waals surface area contributed by atoms with E-state index in [1.165, 1.54) is 0 Å². The van der Waals surface area contributed by atoms with Crippen LogP contribution in [-0.2, 0) is 13.8 Å². The number of aromatic amines is 1. The highest BCUT2D eigenvalue weighted by Crippen LogP contribution is 2.47. The molecular formula is C11H15F2N2O9P. The first-order valence-electron chi connectivity index (χ1n) is 6.71. The second-order valence-electron chi connectivity index (χ2n) is 5.48. The van der Waals surface area contributed by atoms with Crippen molar-refractivity contribution in [1.82, 2.24) is 9.55 Å². The quantitative estimate of drug-likeness (QED) is 0.344. The summed E-state index contributed by atoms with van der Waals surface area (Å²) in [4.78, 5) is 42.1. The van der Waals surface area contributed by atoms with Gasteiger partial charge in [0.15, 0.2) is 17.4 Å². The number of phosphoric acid groups is 1. The standard InChI is InChI=1S/C11H15F2N2O9P/c12-3-10(5-23-25(20,21)22)7(17)11(19,4-13)8(24-10)15-2-1-6(16)14-9(15)18/h1-2,7-8,17,19H,3-5H2,(H,14,16,18)(H2,20,21,22)/t7-,8-,10-,11-/m1/s1. The molecule has 1 aliphatic rings. The van der Waals surface area contributed by atoms with Crippen molar-refractivity contribution in [3.8, 4) is 0 Å². The number of aliphatic hydroxyl groups excluding tert-OH is 1. The molecule has 0 saturated carbocycles. The summed E-state index contributed by atoms with van der Waals surface area (Å²) in [5.74, 6) is 0. The summed E-state index contributed by atoms with van der Waals surface area (Å²) in [5.41, 5.74) is -7.39. The van der Waals surface area contributed by atoms with Crippen molar-refractivity contribution in [3.05, 3.63) is 33.1 Å².